The van der Waals surface area contributed by atoms with Crippen molar-refractivity contribution in [3.63, 3.8) is 0 Å². The normalized spacial score (nSPS) is 11.2. The third kappa shape index (κ3) is 3.20. The Labute approximate surface area is 110 Å². The zero-order chi connectivity index (χ0) is 13.2. The molecule has 0 saturated carbocycles. The van der Waals surface area contributed by atoms with E-state index in [4.69, 9.17) is 10.5 Å². The summed E-state index contributed by atoms with van der Waals surface area (Å²) in [6.07, 6.45) is 0. The van der Waals surface area contributed by atoms with Crippen molar-refractivity contribution in [2.75, 3.05) is 19.1 Å². The van der Waals surface area contributed by atoms with Crippen LogP contribution in [0.15, 0.2) is 22.7 Å². The van der Waals surface area contributed by atoms with E-state index in [0.29, 0.717) is 0 Å². The maximum atomic E-state index is 12.0. The Kier molecular flexibility index (Phi) is 4.16. The number of halogens is 1. The molecule has 4 nitrogen and oxygen atoms in total. The van der Waals surface area contributed by atoms with E-state index < -0.39 is 5.54 Å². The molecule has 0 saturated heterocycles. The lowest BCUT2D eigenvalue weighted by Gasteiger charge is -2.26. The smallest absolute Gasteiger partial charge is 0.246 e. The van der Waals surface area contributed by atoms with Gasteiger partial charge < -0.3 is 15.4 Å². The van der Waals surface area contributed by atoms with Crippen LogP contribution in [0.3, 0.4) is 0 Å². The molecule has 0 spiro atoms. The highest BCUT2D eigenvalue weighted by Gasteiger charge is 2.26. The fourth-order valence-electron chi connectivity index (χ4n) is 1.41. The summed E-state index contributed by atoms with van der Waals surface area (Å²) in [5.41, 5.74) is 5.66. The summed E-state index contributed by atoms with van der Waals surface area (Å²) in [6.45, 7) is 3.37. The molecule has 1 amide bonds. The number of anilines is 1. The number of nitrogens with two attached hydrogens (primary N) is 1. The Balaban J connectivity index is 3.02. The summed E-state index contributed by atoms with van der Waals surface area (Å²) in [7, 11) is 3.29. The highest BCUT2D eigenvalue weighted by molar-refractivity contribution is 9.10. The lowest BCUT2D eigenvalue weighted by Crippen LogP contribution is -2.49. The summed E-state index contributed by atoms with van der Waals surface area (Å²) in [5, 5.41) is 0. The Hall–Kier alpha value is -1.07. The number of nitrogens with zero attached hydrogens (tertiary/aromatic N) is 1. The number of hydrogen-bond donors (Lipinski definition) is 1. The predicted octanol–water partition coefficient (Wildman–Crippen LogP) is 2.16. The summed E-state index contributed by atoms with van der Waals surface area (Å²) in [6, 6.07) is 5.43. The Morgan fingerprint density at radius 2 is 2.06 bits per heavy atom. The number of rotatable bonds is 3. The van der Waals surface area contributed by atoms with Crippen LogP contribution in [-0.2, 0) is 4.79 Å². The Morgan fingerprint density at radius 1 is 1.47 bits per heavy atom. The second-order valence-electron chi connectivity index (χ2n) is 4.40. The second-order valence-corrected chi connectivity index (χ2v) is 5.26. The van der Waals surface area contributed by atoms with E-state index in [1.165, 1.54) is 4.90 Å². The first kappa shape index (κ1) is 14.0. The van der Waals surface area contributed by atoms with Crippen molar-refractivity contribution in [1.82, 2.24) is 0 Å². The molecule has 0 aromatic heterocycles. The molecular weight excluding hydrogens is 284 g/mol. The van der Waals surface area contributed by atoms with Crippen molar-refractivity contribution in [2.24, 2.45) is 5.73 Å². The Morgan fingerprint density at radius 3 is 2.47 bits per heavy atom. The standard InChI is InChI=1S/C12H17BrN2O2/c1-12(2,14)11(16)15(3)8-5-6-10(17-4)9(13)7-8/h5-7H,14H2,1-4H3. The van der Waals surface area contributed by atoms with Crippen LogP contribution in [0, 0.1) is 0 Å². The van der Waals surface area contributed by atoms with Crippen molar-refractivity contribution >= 4 is 27.5 Å². The number of benzene rings is 1. The molecule has 0 atom stereocenters. The van der Waals surface area contributed by atoms with Gasteiger partial charge in [0.25, 0.3) is 0 Å². The fraction of sp³-hybridized carbons (Fsp3) is 0.417. The van der Waals surface area contributed by atoms with Crippen LogP contribution < -0.4 is 15.4 Å². The van der Waals surface area contributed by atoms with E-state index >= 15 is 0 Å². The molecule has 17 heavy (non-hydrogen) atoms. The van der Waals surface area contributed by atoms with Gasteiger partial charge in [0.05, 0.1) is 17.1 Å². The SMILES string of the molecule is COc1ccc(N(C)C(=O)C(C)(C)N)cc1Br. The van der Waals surface area contributed by atoms with Gasteiger partial charge in [0.15, 0.2) is 0 Å². The van der Waals surface area contributed by atoms with Gasteiger partial charge in [-0.2, -0.15) is 0 Å². The molecule has 0 fully saturated rings. The van der Waals surface area contributed by atoms with Crippen molar-refractivity contribution in [3.8, 4) is 5.75 Å². The minimum Gasteiger partial charge on any atom is -0.496 e. The molecule has 0 radical (unpaired) electrons. The number of hydrogen-bond acceptors (Lipinski definition) is 3. The molecule has 0 bridgehead atoms. The first-order valence-electron chi connectivity index (χ1n) is 5.18. The maximum Gasteiger partial charge on any atom is 0.246 e. The minimum absolute atomic E-state index is 0.144. The summed E-state index contributed by atoms with van der Waals surface area (Å²) >= 11 is 3.38. The number of methoxy groups -OCH3 is 1. The van der Waals surface area contributed by atoms with Crippen LogP contribution in [0.1, 0.15) is 13.8 Å². The van der Waals surface area contributed by atoms with Gasteiger partial charge >= 0.3 is 0 Å². The quantitative estimate of drug-likeness (QED) is 0.931. The first-order chi connectivity index (χ1) is 7.77. The molecule has 0 aliphatic heterocycles. The van der Waals surface area contributed by atoms with Crippen LogP contribution in [0.25, 0.3) is 0 Å². The minimum atomic E-state index is -0.888. The molecule has 1 rings (SSSR count). The second kappa shape index (κ2) is 5.06. The van der Waals surface area contributed by atoms with E-state index in [9.17, 15) is 4.79 Å². The molecule has 0 heterocycles. The van der Waals surface area contributed by atoms with Gasteiger partial charge in [0.1, 0.15) is 5.75 Å². The van der Waals surface area contributed by atoms with Crippen molar-refractivity contribution in [3.05, 3.63) is 22.7 Å². The Bertz CT molecular complexity index is 427. The fourth-order valence-corrected chi connectivity index (χ4v) is 1.94. The van der Waals surface area contributed by atoms with Gasteiger partial charge in [-0.15, -0.1) is 0 Å². The van der Waals surface area contributed by atoms with E-state index in [1.807, 2.05) is 12.1 Å². The van der Waals surface area contributed by atoms with Crippen molar-refractivity contribution in [2.45, 2.75) is 19.4 Å². The molecule has 0 aliphatic rings. The molecule has 2 N–H and O–H groups in total. The van der Waals surface area contributed by atoms with E-state index in [1.54, 1.807) is 34.1 Å². The molecule has 1 aromatic carbocycles. The van der Waals surface area contributed by atoms with Crippen LogP contribution in [0.2, 0.25) is 0 Å². The number of ether oxygens (including phenoxy) is 1. The molecule has 94 valence electrons. The first-order valence-corrected chi connectivity index (χ1v) is 5.97. The highest BCUT2D eigenvalue weighted by Crippen LogP contribution is 2.29. The third-order valence-electron chi connectivity index (χ3n) is 2.38. The van der Waals surface area contributed by atoms with Gasteiger partial charge in [-0.1, -0.05) is 0 Å². The van der Waals surface area contributed by atoms with Crippen LogP contribution in [-0.4, -0.2) is 25.6 Å². The van der Waals surface area contributed by atoms with Gasteiger partial charge in [-0.05, 0) is 48.0 Å². The average molecular weight is 301 g/mol. The summed E-state index contributed by atoms with van der Waals surface area (Å²) < 4.78 is 5.93. The molecule has 0 aliphatic carbocycles. The predicted molar refractivity (Wildman–Crippen MR) is 72.4 cm³/mol. The van der Waals surface area contributed by atoms with Gasteiger partial charge in [-0.25, -0.2) is 0 Å². The summed E-state index contributed by atoms with van der Waals surface area (Å²) in [5.74, 6) is 0.580. The molecular formula is C12H17BrN2O2. The zero-order valence-electron chi connectivity index (χ0n) is 10.5. The number of likely N-dealkylation sites (N-methyl/N-ethyl adjacent to an activating group) is 1. The molecule has 0 unspecified atom stereocenters. The van der Waals surface area contributed by atoms with Crippen molar-refractivity contribution in [1.29, 1.82) is 0 Å². The largest absolute Gasteiger partial charge is 0.496 e. The van der Waals surface area contributed by atoms with Gasteiger partial charge in [0, 0.05) is 12.7 Å². The van der Waals surface area contributed by atoms with Crippen LogP contribution in [0.4, 0.5) is 5.69 Å². The number of carbonyl (C=O) groups excluding carboxylic acids is 1. The lowest BCUT2D eigenvalue weighted by atomic mass is 10.1. The van der Waals surface area contributed by atoms with Crippen LogP contribution >= 0.6 is 15.9 Å². The van der Waals surface area contributed by atoms with Crippen LogP contribution in [0.5, 0.6) is 5.75 Å². The van der Waals surface area contributed by atoms with E-state index in [0.717, 1.165) is 15.9 Å². The van der Waals surface area contributed by atoms with E-state index in [-0.39, 0.29) is 5.91 Å². The highest BCUT2D eigenvalue weighted by atomic mass is 79.9. The van der Waals surface area contributed by atoms with Gasteiger partial charge in [0.2, 0.25) is 5.91 Å². The zero-order valence-corrected chi connectivity index (χ0v) is 12.0. The average Bonchev–Trinajstić information content (AvgIpc) is 2.25. The topological polar surface area (TPSA) is 55.6 Å². The molecule has 1 aromatic rings. The monoisotopic (exact) mass is 300 g/mol. The summed E-state index contributed by atoms with van der Waals surface area (Å²) in [4.78, 5) is 13.5. The lowest BCUT2D eigenvalue weighted by molar-refractivity contribution is -0.122. The maximum absolute atomic E-state index is 12.0. The molecule has 5 heteroatoms. The number of amides is 1. The van der Waals surface area contributed by atoms with E-state index in [2.05, 4.69) is 15.9 Å². The van der Waals surface area contributed by atoms with Gasteiger partial charge in [-0.3, -0.25) is 4.79 Å². The third-order valence-corrected chi connectivity index (χ3v) is 3.00. The van der Waals surface area contributed by atoms with Crippen molar-refractivity contribution < 1.29 is 9.53 Å². The number of carbonyl (C=O) groups is 1.